The molecule has 0 aliphatic carbocycles. The summed E-state index contributed by atoms with van der Waals surface area (Å²) in [6.45, 7) is 0.280. The monoisotopic (exact) mass is 269 g/mol. The molecule has 1 atom stereocenters. The van der Waals surface area contributed by atoms with E-state index in [1.807, 2.05) is 0 Å². The Labute approximate surface area is 112 Å². The van der Waals surface area contributed by atoms with E-state index in [1.54, 1.807) is 18.2 Å². The van der Waals surface area contributed by atoms with Gasteiger partial charge in [-0.05, 0) is 12.1 Å². The molecular weight excluding hydrogens is 250 g/mol. The highest BCUT2D eigenvalue weighted by Crippen LogP contribution is 2.24. The summed E-state index contributed by atoms with van der Waals surface area (Å²) >= 11 is 0. The van der Waals surface area contributed by atoms with Crippen molar-refractivity contribution < 1.29 is 24.1 Å². The standard InChI is InChI=1S/C13H19NO5/c1-17-8-9(15)7-14-13(16)11-5-4-10(18-2)6-12(11)19-3/h4-6,9,15H,7-8H2,1-3H3,(H,14,16). The summed E-state index contributed by atoms with van der Waals surface area (Å²) in [7, 11) is 4.50. The molecule has 0 spiro atoms. The Balaban J connectivity index is 2.71. The third kappa shape index (κ3) is 4.42. The number of nitrogens with one attached hydrogen (secondary N) is 1. The second-order valence-corrected chi connectivity index (χ2v) is 3.89. The molecular formula is C13H19NO5. The summed E-state index contributed by atoms with van der Waals surface area (Å²) < 4.78 is 15.0. The van der Waals surface area contributed by atoms with Crippen molar-refractivity contribution in [3.8, 4) is 11.5 Å². The second kappa shape index (κ2) is 7.60. The van der Waals surface area contributed by atoms with E-state index in [9.17, 15) is 9.90 Å². The van der Waals surface area contributed by atoms with Gasteiger partial charge in [-0.25, -0.2) is 0 Å². The fraction of sp³-hybridized carbons (Fsp3) is 0.462. The average Bonchev–Trinajstić information content (AvgIpc) is 2.44. The Bertz CT molecular complexity index is 421. The van der Waals surface area contributed by atoms with E-state index in [2.05, 4.69) is 5.32 Å². The van der Waals surface area contributed by atoms with Crippen LogP contribution in [0.1, 0.15) is 10.4 Å². The quantitative estimate of drug-likeness (QED) is 0.751. The molecule has 0 radical (unpaired) electrons. The van der Waals surface area contributed by atoms with Crippen LogP contribution < -0.4 is 14.8 Å². The zero-order valence-corrected chi connectivity index (χ0v) is 11.3. The predicted molar refractivity (Wildman–Crippen MR) is 69.8 cm³/mol. The van der Waals surface area contributed by atoms with Gasteiger partial charge in [0, 0.05) is 19.7 Å². The Morgan fingerprint density at radius 3 is 2.63 bits per heavy atom. The number of rotatable bonds is 7. The van der Waals surface area contributed by atoms with Crippen molar-refractivity contribution in [3.05, 3.63) is 23.8 Å². The first-order valence-electron chi connectivity index (χ1n) is 5.79. The maximum Gasteiger partial charge on any atom is 0.255 e. The topological polar surface area (TPSA) is 77.0 Å². The third-order valence-electron chi connectivity index (χ3n) is 2.51. The van der Waals surface area contributed by atoms with Gasteiger partial charge >= 0.3 is 0 Å². The van der Waals surface area contributed by atoms with E-state index >= 15 is 0 Å². The molecule has 1 rings (SSSR count). The highest BCUT2D eigenvalue weighted by atomic mass is 16.5. The lowest BCUT2D eigenvalue weighted by atomic mass is 10.1. The van der Waals surface area contributed by atoms with Crippen LogP contribution in [0.25, 0.3) is 0 Å². The number of benzene rings is 1. The van der Waals surface area contributed by atoms with Crippen LogP contribution >= 0.6 is 0 Å². The van der Waals surface area contributed by atoms with E-state index < -0.39 is 6.10 Å². The van der Waals surface area contributed by atoms with Gasteiger partial charge < -0.3 is 24.6 Å². The maximum absolute atomic E-state index is 11.9. The first-order chi connectivity index (χ1) is 9.12. The number of aliphatic hydroxyl groups excluding tert-OH is 1. The van der Waals surface area contributed by atoms with E-state index in [0.717, 1.165) is 0 Å². The summed E-state index contributed by atoms with van der Waals surface area (Å²) in [6, 6.07) is 4.90. The second-order valence-electron chi connectivity index (χ2n) is 3.89. The van der Waals surface area contributed by atoms with Crippen LogP contribution in [0.3, 0.4) is 0 Å². The molecule has 0 fully saturated rings. The van der Waals surface area contributed by atoms with Gasteiger partial charge in [-0.1, -0.05) is 0 Å². The molecule has 0 heterocycles. The van der Waals surface area contributed by atoms with Gasteiger partial charge in [0.05, 0.1) is 32.5 Å². The van der Waals surface area contributed by atoms with Crippen molar-refractivity contribution in [1.82, 2.24) is 5.32 Å². The summed E-state index contributed by atoms with van der Waals surface area (Å²) in [4.78, 5) is 11.9. The molecule has 0 saturated heterocycles. The van der Waals surface area contributed by atoms with Gasteiger partial charge in [0.15, 0.2) is 0 Å². The van der Waals surface area contributed by atoms with Crippen LogP contribution in [0.2, 0.25) is 0 Å². The molecule has 0 aromatic heterocycles. The lowest BCUT2D eigenvalue weighted by Gasteiger charge is -2.13. The smallest absolute Gasteiger partial charge is 0.255 e. The van der Waals surface area contributed by atoms with E-state index in [-0.39, 0.29) is 19.1 Å². The first-order valence-corrected chi connectivity index (χ1v) is 5.79. The van der Waals surface area contributed by atoms with Gasteiger partial charge in [-0.3, -0.25) is 4.79 Å². The number of aliphatic hydroxyl groups is 1. The van der Waals surface area contributed by atoms with Crippen LogP contribution in [0, 0.1) is 0 Å². The largest absolute Gasteiger partial charge is 0.497 e. The van der Waals surface area contributed by atoms with E-state index in [4.69, 9.17) is 14.2 Å². The minimum Gasteiger partial charge on any atom is -0.497 e. The summed E-state index contributed by atoms with van der Waals surface area (Å²) in [5.74, 6) is 0.695. The van der Waals surface area contributed by atoms with Crippen molar-refractivity contribution in [2.45, 2.75) is 6.10 Å². The minimum atomic E-state index is -0.738. The normalized spacial score (nSPS) is 11.8. The highest BCUT2D eigenvalue weighted by Gasteiger charge is 2.14. The van der Waals surface area contributed by atoms with Crippen molar-refractivity contribution in [3.63, 3.8) is 0 Å². The van der Waals surface area contributed by atoms with Gasteiger partial charge in [0.2, 0.25) is 0 Å². The molecule has 0 bridgehead atoms. The van der Waals surface area contributed by atoms with Crippen LogP contribution in [-0.4, -0.2) is 51.6 Å². The Hall–Kier alpha value is -1.79. The summed E-state index contributed by atoms with van der Waals surface area (Å²) in [5.41, 5.74) is 0.382. The molecule has 0 aliphatic rings. The molecule has 1 amide bonds. The zero-order chi connectivity index (χ0) is 14.3. The average molecular weight is 269 g/mol. The molecule has 6 heteroatoms. The number of hydrogen-bond donors (Lipinski definition) is 2. The molecule has 1 unspecified atom stereocenters. The number of hydrogen-bond acceptors (Lipinski definition) is 5. The Kier molecular flexibility index (Phi) is 6.11. The minimum absolute atomic E-state index is 0.113. The number of carbonyl (C=O) groups excluding carboxylic acids is 1. The summed E-state index contributed by atoms with van der Waals surface area (Å²) in [6.07, 6.45) is -0.738. The summed E-state index contributed by atoms with van der Waals surface area (Å²) in [5, 5.41) is 12.1. The fourth-order valence-electron chi connectivity index (χ4n) is 1.54. The lowest BCUT2D eigenvalue weighted by Crippen LogP contribution is -2.34. The van der Waals surface area contributed by atoms with Gasteiger partial charge in [0.25, 0.3) is 5.91 Å². The molecule has 19 heavy (non-hydrogen) atoms. The number of amides is 1. The zero-order valence-electron chi connectivity index (χ0n) is 11.3. The molecule has 6 nitrogen and oxygen atoms in total. The van der Waals surface area contributed by atoms with Crippen molar-refractivity contribution in [1.29, 1.82) is 0 Å². The number of ether oxygens (including phenoxy) is 3. The first kappa shape index (κ1) is 15.3. The van der Waals surface area contributed by atoms with Crippen molar-refractivity contribution in [2.24, 2.45) is 0 Å². The maximum atomic E-state index is 11.9. The Morgan fingerprint density at radius 1 is 1.32 bits per heavy atom. The molecule has 1 aromatic rings. The van der Waals surface area contributed by atoms with E-state index in [1.165, 1.54) is 21.3 Å². The highest BCUT2D eigenvalue weighted by molar-refractivity contribution is 5.97. The molecule has 1 aromatic carbocycles. The lowest BCUT2D eigenvalue weighted by molar-refractivity contribution is 0.0609. The van der Waals surface area contributed by atoms with Gasteiger partial charge in [-0.2, -0.15) is 0 Å². The van der Waals surface area contributed by atoms with Crippen molar-refractivity contribution in [2.75, 3.05) is 34.5 Å². The van der Waals surface area contributed by atoms with Crippen LogP contribution in [-0.2, 0) is 4.74 Å². The van der Waals surface area contributed by atoms with Crippen molar-refractivity contribution >= 4 is 5.91 Å². The molecule has 106 valence electrons. The van der Waals surface area contributed by atoms with E-state index in [0.29, 0.717) is 17.1 Å². The van der Waals surface area contributed by atoms with Crippen LogP contribution in [0.15, 0.2) is 18.2 Å². The van der Waals surface area contributed by atoms with Gasteiger partial charge in [-0.15, -0.1) is 0 Å². The molecule has 0 saturated carbocycles. The molecule has 0 aliphatic heterocycles. The fourth-order valence-corrected chi connectivity index (χ4v) is 1.54. The Morgan fingerprint density at radius 2 is 2.05 bits per heavy atom. The SMILES string of the molecule is COCC(O)CNC(=O)c1ccc(OC)cc1OC. The van der Waals surface area contributed by atoms with Crippen LogP contribution in [0.5, 0.6) is 11.5 Å². The number of methoxy groups -OCH3 is 3. The number of carbonyl (C=O) groups is 1. The van der Waals surface area contributed by atoms with Crippen LogP contribution in [0.4, 0.5) is 0 Å². The predicted octanol–water partition coefficient (Wildman–Crippen LogP) is 0.441. The molecule has 2 N–H and O–H groups in total. The van der Waals surface area contributed by atoms with Gasteiger partial charge in [0.1, 0.15) is 11.5 Å². The third-order valence-corrected chi connectivity index (χ3v) is 2.51.